The molecule has 0 aliphatic heterocycles. The molecule has 0 bridgehead atoms. The highest BCUT2D eigenvalue weighted by Gasteiger charge is 2.25. The summed E-state index contributed by atoms with van der Waals surface area (Å²) >= 11 is 0. The van der Waals surface area contributed by atoms with Crippen LogP contribution in [0.25, 0.3) is 0 Å². The van der Waals surface area contributed by atoms with Gasteiger partial charge in [0.1, 0.15) is 0 Å². The summed E-state index contributed by atoms with van der Waals surface area (Å²) in [5.41, 5.74) is 2.66. The van der Waals surface area contributed by atoms with Crippen LogP contribution in [0.15, 0.2) is 66.8 Å². The molecule has 0 radical (unpaired) electrons. The third-order valence-corrected chi connectivity index (χ3v) is 3.08. The van der Waals surface area contributed by atoms with Gasteiger partial charge in [0.25, 0.3) is 0 Å². The zero-order valence-electron chi connectivity index (χ0n) is 9.11. The van der Waals surface area contributed by atoms with Gasteiger partial charge in [0.2, 0.25) is 0 Å². The Balaban J connectivity index is 2.41. The quantitative estimate of drug-likeness (QED) is 0.627. The predicted molar refractivity (Wildman–Crippen MR) is 65.8 cm³/mol. The molecule has 1 aromatic carbocycles. The molecule has 1 aliphatic rings. The summed E-state index contributed by atoms with van der Waals surface area (Å²) in [4.78, 5) is 0. The Hall–Kier alpha value is -1.56. The summed E-state index contributed by atoms with van der Waals surface area (Å²) in [5, 5.41) is 0. The Morgan fingerprint density at radius 1 is 1.27 bits per heavy atom. The third-order valence-electron chi connectivity index (χ3n) is 3.08. The lowest BCUT2D eigenvalue weighted by molar-refractivity contribution is 0.672. The Morgan fingerprint density at radius 3 is 2.53 bits per heavy atom. The average molecular weight is 196 g/mol. The molecule has 15 heavy (non-hydrogen) atoms. The molecule has 0 heterocycles. The molecule has 76 valence electrons. The fourth-order valence-corrected chi connectivity index (χ4v) is 1.98. The van der Waals surface area contributed by atoms with Crippen molar-refractivity contribution in [2.75, 3.05) is 0 Å². The largest absolute Gasteiger partial charge is 0.102 e. The van der Waals surface area contributed by atoms with E-state index in [1.165, 1.54) is 11.1 Å². The van der Waals surface area contributed by atoms with E-state index in [1.807, 2.05) is 12.1 Å². The van der Waals surface area contributed by atoms with Gasteiger partial charge < -0.3 is 0 Å². The first-order valence-corrected chi connectivity index (χ1v) is 5.32. The summed E-state index contributed by atoms with van der Waals surface area (Å²) in [5.74, 6) is 0. The van der Waals surface area contributed by atoms with Crippen molar-refractivity contribution in [2.24, 2.45) is 0 Å². The van der Waals surface area contributed by atoms with Crippen molar-refractivity contribution in [1.82, 2.24) is 0 Å². The summed E-state index contributed by atoms with van der Waals surface area (Å²) in [6.45, 7) is 6.11. The Morgan fingerprint density at radius 2 is 2.00 bits per heavy atom. The van der Waals surface area contributed by atoms with Crippen LogP contribution >= 0.6 is 0 Å². The van der Waals surface area contributed by atoms with Crippen LogP contribution in [-0.4, -0.2) is 0 Å². The highest BCUT2D eigenvalue weighted by Crippen LogP contribution is 2.34. The summed E-state index contributed by atoms with van der Waals surface area (Å²) in [6.07, 6.45) is 9.77. The maximum absolute atomic E-state index is 3.98. The van der Waals surface area contributed by atoms with Crippen LogP contribution in [-0.2, 0) is 5.41 Å². The molecular weight excluding hydrogens is 180 g/mol. The molecule has 0 nitrogen and oxygen atoms in total. The Labute approximate surface area is 91.6 Å². The van der Waals surface area contributed by atoms with Gasteiger partial charge in [-0.3, -0.25) is 0 Å². The lowest BCUT2D eigenvalue weighted by atomic mass is 9.75. The zero-order chi connectivity index (χ0) is 10.7. The van der Waals surface area contributed by atoms with Crippen molar-refractivity contribution < 1.29 is 0 Å². The van der Waals surface area contributed by atoms with E-state index in [2.05, 4.69) is 56.0 Å². The molecule has 0 saturated heterocycles. The molecule has 0 N–H and O–H groups in total. The van der Waals surface area contributed by atoms with Crippen LogP contribution < -0.4 is 0 Å². The highest BCUT2D eigenvalue weighted by atomic mass is 14.3. The van der Waals surface area contributed by atoms with Crippen molar-refractivity contribution >= 4 is 0 Å². The fraction of sp³-hybridized carbons (Fsp3) is 0.200. The van der Waals surface area contributed by atoms with Crippen LogP contribution in [0, 0.1) is 0 Å². The minimum absolute atomic E-state index is 0.000764. The van der Waals surface area contributed by atoms with Crippen molar-refractivity contribution in [2.45, 2.75) is 18.8 Å². The molecule has 0 aromatic heterocycles. The molecule has 1 unspecified atom stereocenters. The van der Waals surface area contributed by atoms with Crippen molar-refractivity contribution in [3.8, 4) is 0 Å². The number of allylic oxidation sites excluding steroid dienone is 5. The second kappa shape index (κ2) is 3.90. The van der Waals surface area contributed by atoms with Gasteiger partial charge in [0.15, 0.2) is 0 Å². The first kappa shape index (κ1) is 9.97. The predicted octanol–water partition coefficient (Wildman–Crippen LogP) is 4.02. The lowest BCUT2D eigenvalue weighted by Crippen LogP contribution is -2.21. The minimum atomic E-state index is 0.000764. The monoisotopic (exact) mass is 196 g/mol. The van der Waals surface area contributed by atoms with Crippen LogP contribution in [0.1, 0.15) is 18.9 Å². The minimum Gasteiger partial charge on any atom is -0.102 e. The Kier molecular flexibility index (Phi) is 2.59. The first-order valence-electron chi connectivity index (χ1n) is 5.32. The van der Waals surface area contributed by atoms with Crippen LogP contribution in [0.2, 0.25) is 0 Å². The smallest absolute Gasteiger partial charge is 0.0347 e. The highest BCUT2D eigenvalue weighted by molar-refractivity contribution is 5.42. The van der Waals surface area contributed by atoms with Crippen LogP contribution in [0.4, 0.5) is 0 Å². The summed E-state index contributed by atoms with van der Waals surface area (Å²) in [6, 6.07) is 10.5. The van der Waals surface area contributed by atoms with Crippen molar-refractivity contribution in [3.05, 3.63) is 72.4 Å². The molecule has 0 fully saturated rings. The first-order chi connectivity index (χ1) is 7.27. The standard InChI is InChI=1S/C15H16/c1-3-15(11-9-13(2)10-12-15)14-7-5-4-6-8-14/h3-11H,1,12H2,2H3. The molecule has 0 amide bonds. The van der Waals surface area contributed by atoms with Gasteiger partial charge in [-0.05, 0) is 18.9 Å². The molecular formula is C15H16. The lowest BCUT2D eigenvalue weighted by Gasteiger charge is -2.29. The van der Waals surface area contributed by atoms with E-state index in [0.29, 0.717) is 0 Å². The summed E-state index contributed by atoms with van der Waals surface area (Å²) < 4.78 is 0. The number of hydrogen-bond donors (Lipinski definition) is 0. The van der Waals surface area contributed by atoms with E-state index < -0.39 is 0 Å². The van der Waals surface area contributed by atoms with Gasteiger partial charge in [-0.1, -0.05) is 60.2 Å². The number of hydrogen-bond acceptors (Lipinski definition) is 0. The molecule has 1 atom stereocenters. The van der Waals surface area contributed by atoms with Gasteiger partial charge in [-0.2, -0.15) is 0 Å². The van der Waals surface area contributed by atoms with Crippen molar-refractivity contribution in [3.63, 3.8) is 0 Å². The summed E-state index contributed by atoms with van der Waals surface area (Å²) in [7, 11) is 0. The Bertz CT molecular complexity index is 409. The van der Waals surface area contributed by atoms with E-state index in [4.69, 9.17) is 0 Å². The second-order valence-corrected chi connectivity index (χ2v) is 4.10. The number of benzene rings is 1. The maximum Gasteiger partial charge on any atom is 0.0347 e. The van der Waals surface area contributed by atoms with E-state index in [0.717, 1.165) is 6.42 Å². The van der Waals surface area contributed by atoms with E-state index in [1.54, 1.807) is 0 Å². The SMILES string of the molecule is C=CC1(c2ccccc2)C=CC(C)=CC1. The number of rotatable bonds is 2. The molecule has 1 aromatic rings. The van der Waals surface area contributed by atoms with Gasteiger partial charge in [-0.25, -0.2) is 0 Å². The van der Waals surface area contributed by atoms with Gasteiger partial charge in [0.05, 0.1) is 0 Å². The van der Waals surface area contributed by atoms with Gasteiger partial charge in [0, 0.05) is 5.41 Å². The van der Waals surface area contributed by atoms with Crippen LogP contribution in [0.5, 0.6) is 0 Å². The van der Waals surface area contributed by atoms with E-state index >= 15 is 0 Å². The second-order valence-electron chi connectivity index (χ2n) is 4.10. The average Bonchev–Trinajstić information content (AvgIpc) is 2.32. The van der Waals surface area contributed by atoms with Crippen molar-refractivity contribution in [1.29, 1.82) is 0 Å². The van der Waals surface area contributed by atoms with E-state index in [9.17, 15) is 0 Å². The molecule has 0 heteroatoms. The molecule has 0 spiro atoms. The fourth-order valence-electron chi connectivity index (χ4n) is 1.98. The van der Waals surface area contributed by atoms with Gasteiger partial charge >= 0.3 is 0 Å². The van der Waals surface area contributed by atoms with E-state index in [-0.39, 0.29) is 5.41 Å². The molecule has 0 saturated carbocycles. The molecule has 2 rings (SSSR count). The van der Waals surface area contributed by atoms with Crippen LogP contribution in [0.3, 0.4) is 0 Å². The zero-order valence-corrected chi connectivity index (χ0v) is 9.11. The normalized spacial score (nSPS) is 24.7. The topological polar surface area (TPSA) is 0 Å². The van der Waals surface area contributed by atoms with Gasteiger partial charge in [-0.15, -0.1) is 6.58 Å². The molecule has 1 aliphatic carbocycles. The maximum atomic E-state index is 3.98. The third kappa shape index (κ3) is 1.80.